The maximum atomic E-state index is 12.6. The maximum absolute atomic E-state index is 12.6. The van der Waals surface area contributed by atoms with Crippen LogP contribution < -0.4 is 14.8 Å². The number of methoxy groups -OCH3 is 1. The van der Waals surface area contributed by atoms with Gasteiger partial charge in [0, 0.05) is 18.8 Å². The number of ether oxygens (including phenoxy) is 2. The van der Waals surface area contributed by atoms with Gasteiger partial charge in [-0.05, 0) is 30.7 Å². The van der Waals surface area contributed by atoms with Crippen molar-refractivity contribution in [1.82, 2.24) is 14.2 Å². The number of nitrogens with one attached hydrogen (secondary N) is 1. The Bertz CT molecular complexity index is 939. The molecule has 1 aromatic carbocycles. The van der Waals surface area contributed by atoms with Crippen molar-refractivity contribution in [3.05, 3.63) is 47.8 Å². The zero-order valence-electron chi connectivity index (χ0n) is 16.1. The minimum Gasteiger partial charge on any atom is -0.493 e. The molecule has 1 N–H and O–H groups in total. The van der Waals surface area contributed by atoms with Crippen molar-refractivity contribution < 1.29 is 22.7 Å². The van der Waals surface area contributed by atoms with E-state index in [1.807, 2.05) is 28.8 Å². The lowest BCUT2D eigenvalue weighted by atomic mass is 10.3. The Hall–Kier alpha value is -2.52. The topological polar surface area (TPSA) is 89.9 Å². The van der Waals surface area contributed by atoms with Crippen LogP contribution in [0.1, 0.15) is 22.6 Å². The van der Waals surface area contributed by atoms with Crippen LogP contribution in [0.2, 0.25) is 0 Å². The molecule has 1 aromatic heterocycles. The molecule has 8 nitrogen and oxygen atoms in total. The minimum absolute atomic E-state index is 0.206. The Balaban J connectivity index is 1.58. The minimum atomic E-state index is -3.26. The number of aromatic nitrogens is 1. The Morgan fingerprint density at radius 2 is 1.89 bits per heavy atom. The zero-order valence-corrected chi connectivity index (χ0v) is 16.9. The van der Waals surface area contributed by atoms with E-state index < -0.39 is 10.0 Å². The third kappa shape index (κ3) is 4.66. The summed E-state index contributed by atoms with van der Waals surface area (Å²) < 4.78 is 37.9. The van der Waals surface area contributed by atoms with E-state index in [1.54, 1.807) is 19.2 Å². The number of hydrogen-bond acceptors (Lipinski definition) is 5. The van der Waals surface area contributed by atoms with Crippen LogP contribution >= 0.6 is 0 Å². The van der Waals surface area contributed by atoms with E-state index in [-0.39, 0.29) is 12.5 Å². The number of carbonyl (C=O) groups excluding carboxylic acids is 1. The van der Waals surface area contributed by atoms with Gasteiger partial charge < -0.3 is 19.4 Å². The van der Waals surface area contributed by atoms with Gasteiger partial charge in [0.25, 0.3) is 5.91 Å². The van der Waals surface area contributed by atoms with Crippen molar-refractivity contribution in [3.8, 4) is 11.5 Å². The van der Waals surface area contributed by atoms with Gasteiger partial charge in [-0.15, -0.1) is 0 Å². The average Bonchev–Trinajstić information content (AvgIpc) is 2.93. The predicted molar refractivity (Wildman–Crippen MR) is 105 cm³/mol. The number of para-hydroxylation sites is 2. The lowest BCUT2D eigenvalue weighted by Gasteiger charge is -2.16. The number of nitrogens with zero attached hydrogens (tertiary/aromatic N) is 2. The van der Waals surface area contributed by atoms with Crippen LogP contribution in [0.25, 0.3) is 0 Å². The molecule has 0 saturated heterocycles. The Morgan fingerprint density at radius 1 is 1.14 bits per heavy atom. The predicted octanol–water partition coefficient (Wildman–Crippen LogP) is 1.47. The van der Waals surface area contributed by atoms with E-state index in [2.05, 4.69) is 5.32 Å². The molecule has 152 valence electrons. The fraction of sp³-hybridized carbons (Fsp3) is 0.421. The molecule has 2 aromatic rings. The van der Waals surface area contributed by atoms with Crippen molar-refractivity contribution >= 4 is 15.9 Å². The van der Waals surface area contributed by atoms with Crippen LogP contribution in [-0.2, 0) is 23.1 Å². The van der Waals surface area contributed by atoms with E-state index >= 15 is 0 Å². The SMILES string of the molecule is COc1ccccc1OCCNC(=O)c1ccc2n1CCCN(S(C)(=O)=O)C2. The molecule has 0 spiro atoms. The molecule has 0 radical (unpaired) electrons. The first-order valence-electron chi connectivity index (χ1n) is 9.07. The first-order chi connectivity index (χ1) is 13.4. The lowest BCUT2D eigenvalue weighted by Crippen LogP contribution is -2.30. The second kappa shape index (κ2) is 8.66. The van der Waals surface area contributed by atoms with Gasteiger partial charge in [-0.1, -0.05) is 12.1 Å². The molecule has 0 unspecified atom stereocenters. The Morgan fingerprint density at radius 3 is 2.61 bits per heavy atom. The van der Waals surface area contributed by atoms with E-state index in [1.165, 1.54) is 10.6 Å². The van der Waals surface area contributed by atoms with Crippen LogP contribution in [0.4, 0.5) is 0 Å². The summed E-state index contributed by atoms with van der Waals surface area (Å²) in [6, 6.07) is 10.9. The van der Waals surface area contributed by atoms with E-state index in [0.717, 1.165) is 5.69 Å². The summed E-state index contributed by atoms with van der Waals surface area (Å²) in [5, 5.41) is 2.85. The molecular formula is C19H25N3O5S. The lowest BCUT2D eigenvalue weighted by molar-refractivity contribution is 0.0937. The molecule has 0 aliphatic carbocycles. The largest absolute Gasteiger partial charge is 0.493 e. The first-order valence-corrected chi connectivity index (χ1v) is 10.9. The summed E-state index contributed by atoms with van der Waals surface area (Å²) in [5.74, 6) is 1.06. The van der Waals surface area contributed by atoms with Crippen molar-refractivity contribution in [3.63, 3.8) is 0 Å². The summed E-state index contributed by atoms with van der Waals surface area (Å²) in [7, 11) is -1.68. The van der Waals surface area contributed by atoms with Crippen LogP contribution in [0.3, 0.4) is 0 Å². The molecule has 1 amide bonds. The molecule has 28 heavy (non-hydrogen) atoms. The van der Waals surface area contributed by atoms with E-state index in [4.69, 9.17) is 9.47 Å². The Labute approximate surface area is 165 Å². The molecule has 1 aliphatic heterocycles. The molecule has 3 rings (SSSR count). The summed E-state index contributed by atoms with van der Waals surface area (Å²) in [6.45, 7) is 1.99. The van der Waals surface area contributed by atoms with Gasteiger partial charge in [0.15, 0.2) is 11.5 Å². The van der Waals surface area contributed by atoms with Crippen molar-refractivity contribution in [2.75, 3.05) is 33.1 Å². The van der Waals surface area contributed by atoms with Crippen molar-refractivity contribution in [1.29, 1.82) is 0 Å². The van der Waals surface area contributed by atoms with Crippen molar-refractivity contribution in [2.24, 2.45) is 0 Å². The highest BCUT2D eigenvalue weighted by molar-refractivity contribution is 7.88. The second-order valence-electron chi connectivity index (χ2n) is 6.57. The van der Waals surface area contributed by atoms with Gasteiger partial charge in [0.2, 0.25) is 10.0 Å². The highest BCUT2D eigenvalue weighted by Gasteiger charge is 2.24. The van der Waals surface area contributed by atoms with Gasteiger partial charge in [-0.3, -0.25) is 4.79 Å². The monoisotopic (exact) mass is 407 g/mol. The Kier molecular flexibility index (Phi) is 6.25. The number of benzene rings is 1. The van der Waals surface area contributed by atoms with Crippen molar-refractivity contribution in [2.45, 2.75) is 19.5 Å². The van der Waals surface area contributed by atoms with Gasteiger partial charge in [0.1, 0.15) is 12.3 Å². The standard InChI is InChI=1S/C19H25N3O5S/c1-26-17-6-3-4-7-18(17)27-13-10-20-19(23)16-9-8-15-14-21(28(2,24)25)11-5-12-22(15)16/h3-4,6-9H,5,10-14H2,1-2H3,(H,20,23). The molecule has 9 heteroatoms. The van der Waals surface area contributed by atoms with Gasteiger partial charge in [0.05, 0.1) is 26.5 Å². The fourth-order valence-corrected chi connectivity index (χ4v) is 4.04. The number of sulfonamides is 1. The fourth-order valence-electron chi connectivity index (χ4n) is 3.21. The molecule has 0 fully saturated rings. The molecular weight excluding hydrogens is 382 g/mol. The maximum Gasteiger partial charge on any atom is 0.268 e. The molecule has 2 heterocycles. The number of carbonyl (C=O) groups is 1. The second-order valence-corrected chi connectivity index (χ2v) is 8.55. The summed E-state index contributed by atoms with van der Waals surface area (Å²) in [6.07, 6.45) is 1.87. The average molecular weight is 407 g/mol. The third-order valence-corrected chi connectivity index (χ3v) is 5.86. The summed E-state index contributed by atoms with van der Waals surface area (Å²) in [4.78, 5) is 12.6. The highest BCUT2D eigenvalue weighted by atomic mass is 32.2. The van der Waals surface area contributed by atoms with Crippen LogP contribution in [0.5, 0.6) is 11.5 Å². The number of amides is 1. The number of hydrogen-bond donors (Lipinski definition) is 1. The third-order valence-electron chi connectivity index (χ3n) is 4.61. The summed E-state index contributed by atoms with van der Waals surface area (Å²) >= 11 is 0. The number of rotatable bonds is 7. The normalized spacial score (nSPS) is 14.8. The van der Waals surface area contributed by atoms with Gasteiger partial charge in [-0.2, -0.15) is 4.31 Å². The quantitative estimate of drug-likeness (QED) is 0.702. The molecule has 1 aliphatic rings. The number of fused-ring (bicyclic) bond motifs is 1. The van der Waals surface area contributed by atoms with Gasteiger partial charge in [-0.25, -0.2) is 8.42 Å². The first kappa shape index (κ1) is 20.2. The van der Waals surface area contributed by atoms with Crippen LogP contribution in [0, 0.1) is 0 Å². The van der Waals surface area contributed by atoms with E-state index in [9.17, 15) is 13.2 Å². The summed E-state index contributed by atoms with van der Waals surface area (Å²) in [5.41, 5.74) is 1.35. The molecule has 0 bridgehead atoms. The zero-order chi connectivity index (χ0) is 20.1. The van der Waals surface area contributed by atoms with E-state index in [0.29, 0.717) is 49.9 Å². The highest BCUT2D eigenvalue weighted by Crippen LogP contribution is 2.25. The van der Waals surface area contributed by atoms with Crippen LogP contribution in [0.15, 0.2) is 36.4 Å². The van der Waals surface area contributed by atoms with Gasteiger partial charge >= 0.3 is 0 Å². The smallest absolute Gasteiger partial charge is 0.268 e. The molecule has 0 atom stereocenters. The molecule has 0 saturated carbocycles. The van der Waals surface area contributed by atoms with Crippen LogP contribution in [-0.4, -0.2) is 56.3 Å².